The second kappa shape index (κ2) is 4.35. The summed E-state index contributed by atoms with van der Waals surface area (Å²) < 4.78 is 24.8. The van der Waals surface area contributed by atoms with Crippen LogP contribution in [0.4, 0.5) is 14.5 Å². The van der Waals surface area contributed by atoms with Crippen molar-refractivity contribution in [3.63, 3.8) is 0 Å². The highest BCUT2D eigenvalue weighted by atomic mass is 35.5. The smallest absolute Gasteiger partial charge is 0.289 e. The first kappa shape index (κ1) is 12.2. The molecule has 0 saturated carbocycles. The van der Waals surface area contributed by atoms with Crippen LogP contribution in [0.1, 0.15) is 22.5 Å². The number of halogens is 3. The van der Waals surface area contributed by atoms with Gasteiger partial charge in [0, 0.05) is 0 Å². The first-order chi connectivity index (χ1) is 7.34. The van der Waals surface area contributed by atoms with E-state index in [4.69, 9.17) is 11.6 Å². The van der Waals surface area contributed by atoms with Gasteiger partial charge in [0.05, 0.1) is 11.0 Å². The molecule has 0 spiro atoms. The van der Waals surface area contributed by atoms with Gasteiger partial charge < -0.3 is 4.98 Å². The number of H-pyrrole nitrogens is 1. The lowest BCUT2D eigenvalue weighted by Crippen LogP contribution is -2.15. The molecule has 0 aliphatic heterocycles. The lowest BCUT2D eigenvalue weighted by molar-refractivity contribution is -0.385. The van der Waals surface area contributed by atoms with E-state index in [0.717, 1.165) is 0 Å². The molecular formula is C7H3ClF2N2O4. The number of rotatable bonds is 3. The van der Waals surface area contributed by atoms with Gasteiger partial charge in [-0.15, -0.1) is 0 Å². The Hall–Kier alpha value is -1.83. The number of aromatic nitrogens is 1. The molecule has 0 aliphatic carbocycles. The van der Waals surface area contributed by atoms with Crippen molar-refractivity contribution in [2.24, 2.45) is 0 Å². The Labute approximate surface area is 91.0 Å². The summed E-state index contributed by atoms with van der Waals surface area (Å²) in [6.45, 7) is 0. The van der Waals surface area contributed by atoms with E-state index in [-0.39, 0.29) is 0 Å². The summed E-state index contributed by atoms with van der Waals surface area (Å²) in [6, 6.07) is 0.418. The van der Waals surface area contributed by atoms with Crippen molar-refractivity contribution in [3.05, 3.63) is 37.8 Å². The molecule has 0 bridgehead atoms. The van der Waals surface area contributed by atoms with Crippen LogP contribution in [0, 0.1) is 10.1 Å². The molecule has 0 atom stereocenters. The largest absolute Gasteiger partial charge is 0.320 e. The maximum absolute atomic E-state index is 12.4. The highest BCUT2D eigenvalue weighted by Gasteiger charge is 2.28. The summed E-state index contributed by atoms with van der Waals surface area (Å²) in [6.07, 6.45) is -3.25. The van der Waals surface area contributed by atoms with E-state index < -0.39 is 39.1 Å². The second-order valence-electron chi connectivity index (χ2n) is 2.64. The molecule has 1 N–H and O–H groups in total. The maximum atomic E-state index is 12.4. The van der Waals surface area contributed by atoms with Crippen LogP contribution in [0.2, 0.25) is 0 Å². The zero-order chi connectivity index (χ0) is 12.5. The van der Waals surface area contributed by atoms with Crippen molar-refractivity contribution in [3.8, 4) is 0 Å². The number of nitro groups is 1. The summed E-state index contributed by atoms with van der Waals surface area (Å²) in [4.78, 5) is 32.6. The van der Waals surface area contributed by atoms with Crippen LogP contribution >= 0.6 is 11.6 Å². The summed E-state index contributed by atoms with van der Waals surface area (Å²) in [5.74, 6) is 0. The van der Waals surface area contributed by atoms with Crippen LogP contribution < -0.4 is 5.56 Å². The molecule has 0 aliphatic rings. The predicted octanol–water partition coefficient (Wildman–Crippen LogP) is 1.60. The molecule has 16 heavy (non-hydrogen) atoms. The molecule has 1 aromatic heterocycles. The van der Waals surface area contributed by atoms with E-state index in [9.17, 15) is 28.5 Å². The average molecular weight is 253 g/mol. The third-order valence-electron chi connectivity index (χ3n) is 1.66. The summed E-state index contributed by atoms with van der Waals surface area (Å²) in [5.41, 5.74) is -4.30. The van der Waals surface area contributed by atoms with E-state index in [0.29, 0.717) is 6.07 Å². The molecule has 0 fully saturated rings. The van der Waals surface area contributed by atoms with Crippen molar-refractivity contribution in [1.29, 1.82) is 0 Å². The fourth-order valence-electron chi connectivity index (χ4n) is 1.08. The number of alkyl halides is 2. The Kier molecular flexibility index (Phi) is 3.33. The number of nitrogens with zero attached hydrogens (tertiary/aromatic N) is 1. The number of nitrogens with one attached hydrogen (secondary N) is 1. The number of hydrogen-bond donors (Lipinski definition) is 1. The predicted molar refractivity (Wildman–Crippen MR) is 48.9 cm³/mol. The summed E-state index contributed by atoms with van der Waals surface area (Å²) >= 11 is 4.96. The maximum Gasteiger partial charge on any atom is 0.289 e. The molecule has 0 amide bonds. The van der Waals surface area contributed by atoms with E-state index in [1.54, 1.807) is 4.98 Å². The molecular weight excluding hydrogens is 250 g/mol. The molecule has 86 valence electrons. The molecule has 6 nitrogen and oxygen atoms in total. The van der Waals surface area contributed by atoms with Gasteiger partial charge in [-0.2, -0.15) is 0 Å². The number of pyridine rings is 1. The Morgan fingerprint density at radius 3 is 2.50 bits per heavy atom. The van der Waals surface area contributed by atoms with Crippen molar-refractivity contribution in [2.45, 2.75) is 6.43 Å². The van der Waals surface area contributed by atoms with Gasteiger partial charge in [0.25, 0.3) is 22.9 Å². The monoisotopic (exact) mass is 252 g/mol. The van der Waals surface area contributed by atoms with Gasteiger partial charge in [0.15, 0.2) is 0 Å². The topological polar surface area (TPSA) is 93.1 Å². The highest BCUT2D eigenvalue weighted by Crippen LogP contribution is 2.27. The van der Waals surface area contributed by atoms with Gasteiger partial charge in [0.1, 0.15) is 11.3 Å². The number of carbonyl (C=O) groups excluding carboxylic acids is 1. The van der Waals surface area contributed by atoms with Crippen LogP contribution in [0.3, 0.4) is 0 Å². The zero-order valence-corrected chi connectivity index (χ0v) is 8.12. The minimum Gasteiger partial charge on any atom is -0.320 e. The Morgan fingerprint density at radius 2 is 2.12 bits per heavy atom. The Bertz CT molecular complexity index is 514. The second-order valence-corrected chi connectivity index (χ2v) is 2.98. The minimum atomic E-state index is -3.25. The van der Waals surface area contributed by atoms with Crippen LogP contribution in [-0.2, 0) is 0 Å². The van der Waals surface area contributed by atoms with E-state index in [2.05, 4.69) is 0 Å². The minimum absolute atomic E-state index is 0.418. The molecule has 1 heterocycles. The molecule has 1 aromatic rings. The molecule has 0 unspecified atom stereocenters. The van der Waals surface area contributed by atoms with Gasteiger partial charge in [-0.05, 0) is 11.6 Å². The number of aromatic amines is 1. The fraction of sp³-hybridized carbons (Fsp3) is 0.143. The molecule has 0 aromatic carbocycles. The average Bonchev–Trinajstić information content (AvgIpc) is 2.15. The highest BCUT2D eigenvalue weighted by molar-refractivity contribution is 6.68. The molecule has 0 radical (unpaired) electrons. The number of carbonyl (C=O) groups is 1. The van der Waals surface area contributed by atoms with Gasteiger partial charge in [-0.25, -0.2) is 8.78 Å². The van der Waals surface area contributed by atoms with Crippen LogP contribution in [0.15, 0.2) is 10.9 Å². The first-order valence-electron chi connectivity index (χ1n) is 3.74. The van der Waals surface area contributed by atoms with Gasteiger partial charge >= 0.3 is 0 Å². The van der Waals surface area contributed by atoms with Gasteiger partial charge in [-0.3, -0.25) is 19.7 Å². The van der Waals surface area contributed by atoms with Crippen LogP contribution in [-0.4, -0.2) is 15.1 Å². The van der Waals surface area contributed by atoms with Crippen molar-refractivity contribution in [2.75, 3.05) is 0 Å². The van der Waals surface area contributed by atoms with Crippen molar-refractivity contribution >= 4 is 22.5 Å². The lowest BCUT2D eigenvalue weighted by Gasteiger charge is -2.04. The Balaban J connectivity index is 3.67. The lowest BCUT2D eigenvalue weighted by atomic mass is 10.2. The molecule has 1 rings (SSSR count). The molecule has 0 saturated heterocycles. The van der Waals surface area contributed by atoms with E-state index >= 15 is 0 Å². The fourth-order valence-corrected chi connectivity index (χ4v) is 1.28. The van der Waals surface area contributed by atoms with Gasteiger partial charge in [-0.1, -0.05) is 0 Å². The van der Waals surface area contributed by atoms with Crippen molar-refractivity contribution < 1.29 is 18.5 Å². The third-order valence-corrected chi connectivity index (χ3v) is 1.85. The zero-order valence-electron chi connectivity index (χ0n) is 7.37. The third kappa shape index (κ3) is 2.22. The quantitative estimate of drug-likeness (QED) is 0.502. The normalized spacial score (nSPS) is 10.5. The Morgan fingerprint density at radius 1 is 1.56 bits per heavy atom. The van der Waals surface area contributed by atoms with Crippen LogP contribution in [0.5, 0.6) is 0 Å². The summed E-state index contributed by atoms with van der Waals surface area (Å²) in [7, 11) is 0. The van der Waals surface area contributed by atoms with Crippen LogP contribution in [0.25, 0.3) is 0 Å². The standard InChI is InChI=1S/C7H3ClF2N2O4/c8-6(14)4-2(12(15)16)1-3(13)11-5(4)7(9)10/h1,7H,(H,11,13). The number of hydrogen-bond acceptors (Lipinski definition) is 4. The van der Waals surface area contributed by atoms with Crippen molar-refractivity contribution in [1.82, 2.24) is 4.98 Å². The van der Waals surface area contributed by atoms with E-state index in [1.807, 2.05) is 0 Å². The van der Waals surface area contributed by atoms with E-state index in [1.165, 1.54) is 0 Å². The molecule has 9 heteroatoms. The SMILES string of the molecule is O=C(Cl)c1c([N+](=O)[O-])cc(=O)[nH]c1C(F)F. The first-order valence-corrected chi connectivity index (χ1v) is 4.12. The van der Waals surface area contributed by atoms with Gasteiger partial charge in [0.2, 0.25) is 0 Å². The summed E-state index contributed by atoms with van der Waals surface area (Å²) in [5, 5.41) is 9.02.